The number of rotatable bonds is 8. The Morgan fingerprint density at radius 3 is 2.89 bits per heavy atom. The van der Waals surface area contributed by atoms with Crippen molar-refractivity contribution in [3.8, 4) is 0 Å². The molecule has 0 aliphatic carbocycles. The Hall–Kier alpha value is -0.160. The number of nitrogens with zero attached hydrogens (tertiary/aromatic N) is 1. The van der Waals surface area contributed by atoms with Crippen LogP contribution in [0.4, 0.5) is 0 Å². The number of likely N-dealkylation sites (tertiary alicyclic amines) is 1. The molecule has 2 atom stereocenters. The van der Waals surface area contributed by atoms with Gasteiger partial charge in [-0.3, -0.25) is 0 Å². The lowest BCUT2D eigenvalue weighted by Gasteiger charge is -2.34. The number of piperidine rings is 1. The monoisotopic (exact) mass is 258 g/mol. The first-order valence-electron chi connectivity index (χ1n) is 7.23. The van der Waals surface area contributed by atoms with Crippen LogP contribution in [0.25, 0.3) is 0 Å². The SMILES string of the molecule is COCCNCC1CCCN(CC(O)C(C)C)C1. The molecule has 0 aromatic carbocycles. The van der Waals surface area contributed by atoms with Crippen LogP contribution < -0.4 is 5.32 Å². The van der Waals surface area contributed by atoms with E-state index in [1.165, 1.54) is 12.8 Å². The Bertz CT molecular complexity index is 212. The van der Waals surface area contributed by atoms with Crippen molar-refractivity contribution in [1.82, 2.24) is 10.2 Å². The summed E-state index contributed by atoms with van der Waals surface area (Å²) in [6, 6.07) is 0. The zero-order valence-corrected chi connectivity index (χ0v) is 12.2. The Labute approximate surface area is 112 Å². The molecule has 1 heterocycles. The van der Waals surface area contributed by atoms with Gasteiger partial charge in [-0.15, -0.1) is 0 Å². The van der Waals surface area contributed by atoms with Crippen LogP contribution in [0.2, 0.25) is 0 Å². The fourth-order valence-corrected chi connectivity index (χ4v) is 2.44. The number of aliphatic hydroxyl groups is 1. The molecule has 4 heteroatoms. The molecular formula is C14H30N2O2. The summed E-state index contributed by atoms with van der Waals surface area (Å²) in [7, 11) is 1.73. The van der Waals surface area contributed by atoms with Gasteiger partial charge in [0, 0.05) is 26.7 Å². The van der Waals surface area contributed by atoms with Crippen LogP contribution in [0.1, 0.15) is 26.7 Å². The summed E-state index contributed by atoms with van der Waals surface area (Å²) in [4.78, 5) is 2.41. The van der Waals surface area contributed by atoms with Crippen molar-refractivity contribution in [3.63, 3.8) is 0 Å². The lowest BCUT2D eigenvalue weighted by Crippen LogP contribution is -2.44. The number of ether oxygens (including phenoxy) is 1. The number of methoxy groups -OCH3 is 1. The lowest BCUT2D eigenvalue weighted by molar-refractivity contribution is 0.0565. The van der Waals surface area contributed by atoms with Crippen LogP contribution in [0.5, 0.6) is 0 Å². The molecule has 18 heavy (non-hydrogen) atoms. The van der Waals surface area contributed by atoms with Gasteiger partial charge in [0.1, 0.15) is 0 Å². The molecule has 1 aliphatic rings. The molecule has 0 radical (unpaired) electrons. The molecule has 1 aliphatic heterocycles. The van der Waals surface area contributed by atoms with Gasteiger partial charge in [0.2, 0.25) is 0 Å². The molecule has 1 saturated heterocycles. The van der Waals surface area contributed by atoms with E-state index in [4.69, 9.17) is 4.74 Å². The van der Waals surface area contributed by atoms with Crippen molar-refractivity contribution in [2.75, 3.05) is 46.4 Å². The van der Waals surface area contributed by atoms with E-state index in [1.807, 2.05) is 0 Å². The van der Waals surface area contributed by atoms with Crippen molar-refractivity contribution in [1.29, 1.82) is 0 Å². The zero-order valence-electron chi connectivity index (χ0n) is 12.2. The fourth-order valence-electron chi connectivity index (χ4n) is 2.44. The van der Waals surface area contributed by atoms with Crippen LogP contribution in [-0.4, -0.2) is 62.6 Å². The van der Waals surface area contributed by atoms with Gasteiger partial charge in [-0.05, 0) is 37.8 Å². The quantitative estimate of drug-likeness (QED) is 0.636. The maximum Gasteiger partial charge on any atom is 0.0689 e. The molecule has 0 bridgehead atoms. The molecule has 2 N–H and O–H groups in total. The Morgan fingerprint density at radius 1 is 1.44 bits per heavy atom. The van der Waals surface area contributed by atoms with Gasteiger partial charge in [-0.1, -0.05) is 13.8 Å². The number of hydrogen-bond acceptors (Lipinski definition) is 4. The number of nitrogens with one attached hydrogen (secondary N) is 1. The Balaban J connectivity index is 2.19. The maximum absolute atomic E-state index is 9.94. The molecule has 0 aromatic heterocycles. The van der Waals surface area contributed by atoms with Gasteiger partial charge in [0.15, 0.2) is 0 Å². The Morgan fingerprint density at radius 2 is 2.22 bits per heavy atom. The van der Waals surface area contributed by atoms with Crippen molar-refractivity contribution in [2.45, 2.75) is 32.8 Å². The summed E-state index contributed by atoms with van der Waals surface area (Å²) in [6.07, 6.45) is 2.36. The van der Waals surface area contributed by atoms with Gasteiger partial charge in [0.25, 0.3) is 0 Å². The minimum absolute atomic E-state index is 0.190. The average Bonchev–Trinajstić information content (AvgIpc) is 2.35. The van der Waals surface area contributed by atoms with E-state index in [-0.39, 0.29) is 6.10 Å². The normalized spacial score (nSPS) is 23.5. The minimum Gasteiger partial charge on any atom is -0.392 e. The highest BCUT2D eigenvalue weighted by atomic mass is 16.5. The molecular weight excluding hydrogens is 228 g/mol. The van der Waals surface area contributed by atoms with E-state index >= 15 is 0 Å². The molecule has 2 unspecified atom stereocenters. The first-order chi connectivity index (χ1) is 8.63. The molecule has 0 amide bonds. The summed E-state index contributed by atoms with van der Waals surface area (Å²) in [6.45, 7) is 10.0. The number of hydrogen-bond donors (Lipinski definition) is 2. The second-order valence-electron chi connectivity index (χ2n) is 5.78. The predicted molar refractivity (Wildman–Crippen MR) is 74.8 cm³/mol. The molecule has 108 valence electrons. The van der Waals surface area contributed by atoms with Gasteiger partial charge in [-0.25, -0.2) is 0 Å². The third kappa shape index (κ3) is 6.14. The van der Waals surface area contributed by atoms with Crippen molar-refractivity contribution >= 4 is 0 Å². The van der Waals surface area contributed by atoms with Crippen LogP contribution in [0.15, 0.2) is 0 Å². The fraction of sp³-hybridized carbons (Fsp3) is 1.00. The summed E-state index contributed by atoms with van der Waals surface area (Å²) in [5.74, 6) is 1.07. The van der Waals surface area contributed by atoms with Crippen LogP contribution >= 0.6 is 0 Å². The van der Waals surface area contributed by atoms with Gasteiger partial charge < -0.3 is 20.1 Å². The maximum atomic E-state index is 9.94. The first-order valence-corrected chi connectivity index (χ1v) is 7.23. The van der Waals surface area contributed by atoms with Crippen LogP contribution in [-0.2, 0) is 4.74 Å². The lowest BCUT2D eigenvalue weighted by atomic mass is 9.97. The van der Waals surface area contributed by atoms with E-state index in [2.05, 4.69) is 24.1 Å². The molecule has 0 saturated carbocycles. The predicted octanol–water partition coefficient (Wildman–Crippen LogP) is 0.951. The highest BCUT2D eigenvalue weighted by Crippen LogP contribution is 2.17. The number of β-amino-alcohol motifs (C(OH)–C–C–N with tert-alkyl or cyclic N) is 1. The number of aliphatic hydroxyl groups excluding tert-OH is 1. The van der Waals surface area contributed by atoms with E-state index in [0.717, 1.165) is 45.2 Å². The second-order valence-corrected chi connectivity index (χ2v) is 5.78. The van der Waals surface area contributed by atoms with E-state index < -0.39 is 0 Å². The third-order valence-electron chi connectivity index (χ3n) is 3.73. The van der Waals surface area contributed by atoms with Gasteiger partial charge in [0.05, 0.1) is 12.7 Å². The first kappa shape index (κ1) is 15.9. The molecule has 0 spiro atoms. The molecule has 4 nitrogen and oxygen atoms in total. The van der Waals surface area contributed by atoms with Crippen LogP contribution in [0.3, 0.4) is 0 Å². The van der Waals surface area contributed by atoms with Gasteiger partial charge >= 0.3 is 0 Å². The molecule has 0 aromatic rings. The average molecular weight is 258 g/mol. The van der Waals surface area contributed by atoms with E-state index in [9.17, 15) is 5.11 Å². The summed E-state index contributed by atoms with van der Waals surface area (Å²) < 4.78 is 5.03. The third-order valence-corrected chi connectivity index (χ3v) is 3.73. The molecule has 1 fully saturated rings. The topological polar surface area (TPSA) is 44.7 Å². The van der Waals surface area contributed by atoms with Crippen molar-refractivity contribution in [3.05, 3.63) is 0 Å². The van der Waals surface area contributed by atoms with Crippen LogP contribution in [0, 0.1) is 11.8 Å². The van der Waals surface area contributed by atoms with Gasteiger partial charge in [-0.2, -0.15) is 0 Å². The standard InChI is InChI=1S/C14H30N2O2/c1-12(2)14(17)11-16-7-4-5-13(10-16)9-15-6-8-18-3/h12-15,17H,4-11H2,1-3H3. The zero-order chi connectivity index (χ0) is 13.4. The van der Waals surface area contributed by atoms with Crippen molar-refractivity contribution in [2.24, 2.45) is 11.8 Å². The smallest absolute Gasteiger partial charge is 0.0689 e. The molecule has 1 rings (SSSR count). The Kier molecular flexibility index (Phi) is 7.82. The van der Waals surface area contributed by atoms with Crippen molar-refractivity contribution < 1.29 is 9.84 Å². The highest BCUT2D eigenvalue weighted by Gasteiger charge is 2.22. The summed E-state index contributed by atoms with van der Waals surface area (Å²) in [5, 5.41) is 13.4. The second kappa shape index (κ2) is 8.86. The van der Waals surface area contributed by atoms with E-state index in [0.29, 0.717) is 5.92 Å². The summed E-state index contributed by atoms with van der Waals surface area (Å²) in [5.41, 5.74) is 0. The summed E-state index contributed by atoms with van der Waals surface area (Å²) >= 11 is 0. The minimum atomic E-state index is -0.190. The largest absolute Gasteiger partial charge is 0.392 e. The highest BCUT2D eigenvalue weighted by molar-refractivity contribution is 4.77. The van der Waals surface area contributed by atoms with E-state index in [1.54, 1.807) is 7.11 Å².